The first-order chi connectivity index (χ1) is 8.37. The average Bonchev–Trinajstić information content (AvgIpc) is 2.29. The Labute approximate surface area is 103 Å². The molecule has 102 valence electrons. The molecule has 6 heteroatoms. The van der Waals surface area contributed by atoms with Crippen LogP contribution in [0.15, 0.2) is 18.2 Å². The van der Waals surface area contributed by atoms with E-state index in [9.17, 15) is 17.6 Å². The molecule has 0 saturated heterocycles. The van der Waals surface area contributed by atoms with Crippen molar-refractivity contribution in [1.29, 1.82) is 0 Å². The molecular weight excluding hydrogens is 250 g/mol. The van der Waals surface area contributed by atoms with Gasteiger partial charge in [0, 0.05) is 6.04 Å². The SMILES string of the molecule is CNC(Cc1cccc(OC)c1F)CC(F)(F)F. The first-order valence-corrected chi connectivity index (χ1v) is 5.42. The van der Waals surface area contributed by atoms with Crippen LogP contribution >= 0.6 is 0 Å². The molecule has 0 amide bonds. The molecule has 1 aromatic rings. The van der Waals surface area contributed by atoms with E-state index in [1.807, 2.05) is 0 Å². The highest BCUT2D eigenvalue weighted by molar-refractivity contribution is 5.31. The molecule has 0 fully saturated rings. The third-order valence-corrected chi connectivity index (χ3v) is 2.62. The number of hydrogen-bond donors (Lipinski definition) is 1. The smallest absolute Gasteiger partial charge is 0.390 e. The Balaban J connectivity index is 2.82. The van der Waals surface area contributed by atoms with E-state index in [2.05, 4.69) is 5.32 Å². The lowest BCUT2D eigenvalue weighted by atomic mass is 10.0. The van der Waals surface area contributed by atoms with Crippen LogP contribution in [-0.2, 0) is 6.42 Å². The second-order valence-corrected chi connectivity index (χ2v) is 3.94. The van der Waals surface area contributed by atoms with Crippen LogP contribution in [0.5, 0.6) is 5.75 Å². The Bertz CT molecular complexity index is 392. The summed E-state index contributed by atoms with van der Waals surface area (Å²) in [5, 5.41) is 2.54. The molecule has 2 nitrogen and oxygen atoms in total. The number of rotatable bonds is 5. The molecule has 1 unspecified atom stereocenters. The van der Waals surface area contributed by atoms with Crippen LogP contribution in [0, 0.1) is 5.82 Å². The molecule has 1 N–H and O–H groups in total. The highest BCUT2D eigenvalue weighted by Gasteiger charge is 2.31. The van der Waals surface area contributed by atoms with Gasteiger partial charge in [-0.1, -0.05) is 12.1 Å². The maximum absolute atomic E-state index is 13.8. The van der Waals surface area contributed by atoms with Gasteiger partial charge in [0.15, 0.2) is 11.6 Å². The zero-order valence-corrected chi connectivity index (χ0v) is 10.1. The van der Waals surface area contributed by atoms with E-state index in [1.54, 1.807) is 6.07 Å². The van der Waals surface area contributed by atoms with Crippen LogP contribution in [0.25, 0.3) is 0 Å². The summed E-state index contributed by atoms with van der Waals surface area (Å²) >= 11 is 0. The van der Waals surface area contributed by atoms with Crippen LogP contribution in [0.1, 0.15) is 12.0 Å². The maximum atomic E-state index is 13.8. The van der Waals surface area contributed by atoms with Gasteiger partial charge in [0.05, 0.1) is 13.5 Å². The summed E-state index contributed by atoms with van der Waals surface area (Å²) in [4.78, 5) is 0. The third-order valence-electron chi connectivity index (χ3n) is 2.62. The molecule has 1 aromatic carbocycles. The van der Waals surface area contributed by atoms with Gasteiger partial charge in [0.25, 0.3) is 0 Å². The monoisotopic (exact) mass is 265 g/mol. The molecule has 0 bridgehead atoms. The molecule has 0 aliphatic rings. The molecule has 0 aromatic heterocycles. The third kappa shape index (κ3) is 4.18. The number of likely N-dealkylation sites (N-methyl/N-ethyl adjacent to an activating group) is 1. The fourth-order valence-corrected chi connectivity index (χ4v) is 1.69. The second kappa shape index (κ2) is 6.04. The molecule has 0 radical (unpaired) electrons. The van der Waals surface area contributed by atoms with Crippen LogP contribution in [-0.4, -0.2) is 26.4 Å². The van der Waals surface area contributed by atoms with E-state index < -0.39 is 24.5 Å². The number of hydrogen-bond acceptors (Lipinski definition) is 2. The first-order valence-electron chi connectivity index (χ1n) is 5.42. The van der Waals surface area contributed by atoms with E-state index in [4.69, 9.17) is 4.74 Å². The van der Waals surface area contributed by atoms with E-state index >= 15 is 0 Å². The topological polar surface area (TPSA) is 21.3 Å². The predicted molar refractivity (Wildman–Crippen MR) is 60.2 cm³/mol. The zero-order valence-electron chi connectivity index (χ0n) is 10.1. The van der Waals surface area contributed by atoms with Gasteiger partial charge in [-0.2, -0.15) is 13.2 Å². The number of ether oxygens (including phenoxy) is 1. The Morgan fingerprint density at radius 3 is 2.50 bits per heavy atom. The van der Waals surface area contributed by atoms with Crippen LogP contribution in [0.3, 0.4) is 0 Å². The van der Waals surface area contributed by atoms with Gasteiger partial charge in [0.2, 0.25) is 0 Å². The number of benzene rings is 1. The van der Waals surface area contributed by atoms with Crippen molar-refractivity contribution in [1.82, 2.24) is 5.32 Å². The van der Waals surface area contributed by atoms with Crippen molar-refractivity contribution in [2.45, 2.75) is 25.1 Å². The molecule has 0 saturated carbocycles. The molecule has 0 aliphatic carbocycles. The molecule has 1 rings (SSSR count). The largest absolute Gasteiger partial charge is 0.494 e. The minimum Gasteiger partial charge on any atom is -0.494 e. The Kier molecular flexibility index (Phi) is 4.95. The fourth-order valence-electron chi connectivity index (χ4n) is 1.69. The summed E-state index contributed by atoms with van der Waals surface area (Å²) in [6.07, 6.45) is -5.32. The molecule has 0 heterocycles. The molecule has 18 heavy (non-hydrogen) atoms. The quantitative estimate of drug-likeness (QED) is 0.826. The van der Waals surface area contributed by atoms with Crippen molar-refractivity contribution in [2.24, 2.45) is 0 Å². The molecule has 0 aliphatic heterocycles. The van der Waals surface area contributed by atoms with Gasteiger partial charge in [0.1, 0.15) is 0 Å². The van der Waals surface area contributed by atoms with Crippen molar-refractivity contribution >= 4 is 0 Å². The summed E-state index contributed by atoms with van der Waals surface area (Å²) in [6, 6.07) is 3.58. The summed E-state index contributed by atoms with van der Waals surface area (Å²) in [5.74, 6) is -0.572. The van der Waals surface area contributed by atoms with E-state index in [1.165, 1.54) is 26.3 Å². The highest BCUT2D eigenvalue weighted by atomic mass is 19.4. The van der Waals surface area contributed by atoms with Gasteiger partial charge < -0.3 is 10.1 Å². The average molecular weight is 265 g/mol. The summed E-state index contributed by atoms with van der Waals surface area (Å²) < 4.78 is 55.4. The minimum atomic E-state index is -4.27. The Morgan fingerprint density at radius 1 is 1.33 bits per heavy atom. The lowest BCUT2D eigenvalue weighted by Crippen LogP contribution is -2.33. The fraction of sp³-hybridized carbons (Fsp3) is 0.500. The number of halogens is 4. The van der Waals surface area contributed by atoms with Crippen molar-refractivity contribution in [2.75, 3.05) is 14.2 Å². The van der Waals surface area contributed by atoms with Gasteiger partial charge >= 0.3 is 6.18 Å². The van der Waals surface area contributed by atoms with Crippen molar-refractivity contribution in [3.05, 3.63) is 29.6 Å². The van der Waals surface area contributed by atoms with E-state index in [-0.39, 0.29) is 17.7 Å². The van der Waals surface area contributed by atoms with Crippen LogP contribution in [0.4, 0.5) is 17.6 Å². The zero-order chi connectivity index (χ0) is 13.8. The normalized spacial score (nSPS) is 13.4. The van der Waals surface area contributed by atoms with Gasteiger partial charge in [-0.15, -0.1) is 0 Å². The van der Waals surface area contributed by atoms with Gasteiger partial charge in [-0.3, -0.25) is 0 Å². The van der Waals surface area contributed by atoms with E-state index in [0.29, 0.717) is 0 Å². The van der Waals surface area contributed by atoms with Crippen LogP contribution < -0.4 is 10.1 Å². The van der Waals surface area contributed by atoms with Gasteiger partial charge in [-0.25, -0.2) is 4.39 Å². The number of methoxy groups -OCH3 is 1. The van der Waals surface area contributed by atoms with Crippen molar-refractivity contribution in [3.8, 4) is 5.75 Å². The summed E-state index contributed by atoms with van der Waals surface area (Å²) in [7, 11) is 2.74. The summed E-state index contributed by atoms with van der Waals surface area (Å²) in [6.45, 7) is 0. The lowest BCUT2D eigenvalue weighted by Gasteiger charge is -2.18. The number of alkyl halides is 3. The van der Waals surface area contributed by atoms with Crippen LogP contribution in [0.2, 0.25) is 0 Å². The Hall–Kier alpha value is -1.30. The predicted octanol–water partition coefficient (Wildman–Crippen LogP) is 2.92. The summed E-state index contributed by atoms with van der Waals surface area (Å²) in [5.41, 5.74) is 0.206. The maximum Gasteiger partial charge on any atom is 0.390 e. The van der Waals surface area contributed by atoms with Gasteiger partial charge in [-0.05, 0) is 25.1 Å². The number of nitrogens with one attached hydrogen (secondary N) is 1. The van der Waals surface area contributed by atoms with Crippen molar-refractivity contribution < 1.29 is 22.3 Å². The highest BCUT2D eigenvalue weighted by Crippen LogP contribution is 2.25. The Morgan fingerprint density at radius 2 is 2.00 bits per heavy atom. The molecule has 0 spiro atoms. The minimum absolute atomic E-state index is 0.0364. The van der Waals surface area contributed by atoms with Crippen molar-refractivity contribution in [3.63, 3.8) is 0 Å². The molecule has 1 atom stereocenters. The second-order valence-electron chi connectivity index (χ2n) is 3.94. The van der Waals surface area contributed by atoms with E-state index in [0.717, 1.165) is 0 Å². The standard InChI is InChI=1S/C12H15F4NO/c1-17-9(7-12(14,15)16)6-8-4-3-5-10(18-2)11(8)13/h3-5,9,17H,6-7H2,1-2H3. The first kappa shape index (κ1) is 14.8. The lowest BCUT2D eigenvalue weighted by molar-refractivity contribution is -0.139. The molecular formula is C12H15F4NO.